The fourth-order valence-corrected chi connectivity index (χ4v) is 1.49. The van der Waals surface area contributed by atoms with Crippen LogP contribution in [0.25, 0.3) is 0 Å². The first-order chi connectivity index (χ1) is 7.70. The minimum absolute atomic E-state index is 0.269. The number of hydrogen-bond donors (Lipinski definition) is 1. The van der Waals surface area contributed by atoms with E-state index in [2.05, 4.69) is 15.5 Å². The van der Waals surface area contributed by atoms with Gasteiger partial charge in [0, 0.05) is 13.0 Å². The van der Waals surface area contributed by atoms with Crippen molar-refractivity contribution in [3.05, 3.63) is 17.8 Å². The van der Waals surface area contributed by atoms with Crippen molar-refractivity contribution in [2.45, 2.75) is 12.3 Å². The minimum Gasteiger partial charge on any atom is -0.278 e. The molecule has 0 saturated carbocycles. The third-order valence-electron chi connectivity index (χ3n) is 2.17. The Balaban J connectivity index is 2.17. The van der Waals surface area contributed by atoms with Crippen LogP contribution in [0.5, 0.6) is 0 Å². The van der Waals surface area contributed by atoms with E-state index in [1.54, 1.807) is 12.1 Å². The van der Waals surface area contributed by atoms with E-state index in [-0.39, 0.29) is 18.2 Å². The van der Waals surface area contributed by atoms with Gasteiger partial charge in [0.25, 0.3) is 0 Å². The Labute approximate surface area is 96.6 Å². The van der Waals surface area contributed by atoms with E-state index in [1.807, 2.05) is 0 Å². The summed E-state index contributed by atoms with van der Waals surface area (Å²) in [6.45, 7) is 0.319. The standard InChI is InChI=1S/C9H9ClN4O2/c10-5-6-1-2-7(13-12-6)14-4-3-8(15)11-9(14)16/h1-2H,3-5H2,(H,11,15,16). The van der Waals surface area contributed by atoms with E-state index in [4.69, 9.17) is 11.6 Å². The van der Waals surface area contributed by atoms with E-state index in [0.29, 0.717) is 18.1 Å². The number of urea groups is 1. The van der Waals surface area contributed by atoms with E-state index < -0.39 is 6.03 Å². The molecule has 6 nitrogen and oxygen atoms in total. The lowest BCUT2D eigenvalue weighted by Crippen LogP contribution is -2.50. The van der Waals surface area contributed by atoms with Crippen LogP contribution in [0.3, 0.4) is 0 Å². The van der Waals surface area contributed by atoms with Crippen LogP contribution in [0.15, 0.2) is 12.1 Å². The van der Waals surface area contributed by atoms with Crippen LogP contribution in [0, 0.1) is 0 Å². The molecule has 1 fully saturated rings. The molecule has 2 heterocycles. The Kier molecular flexibility index (Phi) is 3.00. The topological polar surface area (TPSA) is 75.2 Å². The van der Waals surface area contributed by atoms with E-state index in [0.717, 1.165) is 0 Å². The normalized spacial score (nSPS) is 16.2. The monoisotopic (exact) mass is 240 g/mol. The number of halogens is 1. The molecule has 0 aromatic carbocycles. The number of imide groups is 1. The van der Waals surface area contributed by atoms with Crippen molar-refractivity contribution in [2.75, 3.05) is 11.4 Å². The Morgan fingerprint density at radius 1 is 1.38 bits per heavy atom. The summed E-state index contributed by atoms with van der Waals surface area (Å²) in [4.78, 5) is 23.8. The second-order valence-electron chi connectivity index (χ2n) is 3.27. The SMILES string of the molecule is O=C1CCN(c2ccc(CCl)nn2)C(=O)N1. The van der Waals surface area contributed by atoms with Gasteiger partial charge in [-0.25, -0.2) is 4.79 Å². The summed E-state index contributed by atoms with van der Waals surface area (Å²) in [5, 5.41) is 9.92. The van der Waals surface area contributed by atoms with Crippen LogP contribution in [0.4, 0.5) is 10.6 Å². The van der Waals surface area contributed by atoms with Gasteiger partial charge >= 0.3 is 6.03 Å². The van der Waals surface area contributed by atoms with Crippen molar-refractivity contribution in [3.8, 4) is 0 Å². The molecular formula is C9H9ClN4O2. The number of nitrogens with one attached hydrogen (secondary N) is 1. The quantitative estimate of drug-likeness (QED) is 0.771. The van der Waals surface area contributed by atoms with Crippen molar-refractivity contribution < 1.29 is 9.59 Å². The van der Waals surface area contributed by atoms with Crippen LogP contribution >= 0.6 is 11.6 Å². The summed E-state index contributed by atoms with van der Waals surface area (Å²) in [5.74, 6) is 0.420. The molecule has 0 unspecified atom stereocenters. The second-order valence-corrected chi connectivity index (χ2v) is 3.54. The molecule has 0 spiro atoms. The first-order valence-electron chi connectivity index (χ1n) is 4.70. The zero-order chi connectivity index (χ0) is 11.5. The van der Waals surface area contributed by atoms with Gasteiger partial charge in [-0.05, 0) is 12.1 Å². The Hall–Kier alpha value is -1.69. The largest absolute Gasteiger partial charge is 0.329 e. The maximum atomic E-state index is 11.5. The highest BCUT2D eigenvalue weighted by molar-refractivity contribution is 6.16. The number of hydrogen-bond acceptors (Lipinski definition) is 4. The van der Waals surface area contributed by atoms with Crippen LogP contribution in [0.2, 0.25) is 0 Å². The minimum atomic E-state index is -0.468. The summed E-state index contributed by atoms with van der Waals surface area (Å²) in [5.41, 5.74) is 0.638. The molecule has 1 N–H and O–H groups in total. The van der Waals surface area contributed by atoms with Gasteiger partial charge in [0.15, 0.2) is 5.82 Å². The van der Waals surface area contributed by atoms with Gasteiger partial charge in [-0.15, -0.1) is 16.7 Å². The number of alkyl halides is 1. The van der Waals surface area contributed by atoms with Crippen molar-refractivity contribution >= 4 is 29.4 Å². The zero-order valence-electron chi connectivity index (χ0n) is 8.31. The number of rotatable bonds is 2. The van der Waals surface area contributed by atoms with E-state index in [9.17, 15) is 9.59 Å². The molecule has 1 aliphatic rings. The number of carbonyl (C=O) groups is 2. The van der Waals surface area contributed by atoms with Gasteiger partial charge in [0.05, 0.1) is 11.6 Å². The van der Waals surface area contributed by atoms with Gasteiger partial charge in [0.1, 0.15) is 0 Å². The highest BCUT2D eigenvalue weighted by atomic mass is 35.5. The molecular weight excluding hydrogens is 232 g/mol. The van der Waals surface area contributed by atoms with Crippen molar-refractivity contribution in [1.29, 1.82) is 0 Å². The Morgan fingerprint density at radius 3 is 2.75 bits per heavy atom. The summed E-state index contributed by atoms with van der Waals surface area (Å²) >= 11 is 5.57. The molecule has 1 aromatic heterocycles. The molecule has 1 saturated heterocycles. The van der Waals surface area contributed by atoms with Crippen LogP contribution in [-0.2, 0) is 10.7 Å². The van der Waals surface area contributed by atoms with Crippen LogP contribution < -0.4 is 10.2 Å². The van der Waals surface area contributed by atoms with Gasteiger partial charge < -0.3 is 0 Å². The number of aromatic nitrogens is 2. The molecule has 0 radical (unpaired) electrons. The molecule has 0 atom stereocenters. The predicted octanol–water partition coefficient (Wildman–Crippen LogP) is 0.662. The van der Waals surface area contributed by atoms with Crippen molar-refractivity contribution in [2.24, 2.45) is 0 Å². The Morgan fingerprint density at radius 2 is 2.19 bits per heavy atom. The number of nitrogens with zero attached hydrogens (tertiary/aromatic N) is 3. The first kappa shape index (κ1) is 10.8. The summed E-state index contributed by atoms with van der Waals surface area (Å²) in [6.07, 6.45) is 0.269. The highest BCUT2D eigenvalue weighted by Crippen LogP contribution is 2.13. The molecule has 2 rings (SSSR count). The van der Waals surface area contributed by atoms with Crippen molar-refractivity contribution in [3.63, 3.8) is 0 Å². The number of anilines is 1. The predicted molar refractivity (Wildman–Crippen MR) is 57.1 cm³/mol. The van der Waals surface area contributed by atoms with E-state index >= 15 is 0 Å². The lowest BCUT2D eigenvalue weighted by molar-refractivity contribution is -0.120. The average Bonchev–Trinajstić information content (AvgIpc) is 2.29. The highest BCUT2D eigenvalue weighted by Gasteiger charge is 2.25. The fourth-order valence-electron chi connectivity index (χ4n) is 1.35. The van der Waals surface area contributed by atoms with Gasteiger partial charge in [-0.3, -0.25) is 15.0 Å². The maximum absolute atomic E-state index is 11.5. The molecule has 0 bridgehead atoms. The average molecular weight is 241 g/mol. The zero-order valence-corrected chi connectivity index (χ0v) is 9.07. The summed E-state index contributed by atoms with van der Waals surface area (Å²) in [7, 11) is 0. The van der Waals surface area contributed by atoms with Crippen molar-refractivity contribution in [1.82, 2.24) is 15.5 Å². The third-order valence-corrected chi connectivity index (χ3v) is 2.45. The molecule has 84 valence electrons. The smallest absolute Gasteiger partial charge is 0.278 e. The van der Waals surface area contributed by atoms with E-state index in [1.165, 1.54) is 4.90 Å². The molecule has 1 aliphatic heterocycles. The van der Waals surface area contributed by atoms with Gasteiger partial charge in [-0.2, -0.15) is 5.10 Å². The molecule has 0 aliphatic carbocycles. The molecule has 7 heteroatoms. The number of amides is 3. The fraction of sp³-hybridized carbons (Fsp3) is 0.333. The van der Waals surface area contributed by atoms with Gasteiger partial charge in [0.2, 0.25) is 5.91 Å². The second kappa shape index (κ2) is 4.44. The lowest BCUT2D eigenvalue weighted by Gasteiger charge is -2.24. The maximum Gasteiger partial charge on any atom is 0.329 e. The van der Waals surface area contributed by atoms with Crippen LogP contribution in [0.1, 0.15) is 12.1 Å². The lowest BCUT2D eigenvalue weighted by atomic mass is 10.3. The molecule has 1 aromatic rings. The number of carbonyl (C=O) groups excluding carboxylic acids is 2. The molecule has 3 amide bonds. The third kappa shape index (κ3) is 2.11. The van der Waals surface area contributed by atoms with Crippen LogP contribution in [-0.4, -0.2) is 28.7 Å². The summed E-state index contributed by atoms with van der Waals surface area (Å²) in [6, 6.07) is 2.88. The van der Waals surface area contributed by atoms with Gasteiger partial charge in [-0.1, -0.05) is 0 Å². The molecule has 16 heavy (non-hydrogen) atoms. The Bertz CT molecular complexity index is 420. The summed E-state index contributed by atoms with van der Waals surface area (Å²) < 4.78 is 0. The first-order valence-corrected chi connectivity index (χ1v) is 5.24.